The van der Waals surface area contributed by atoms with Crippen molar-refractivity contribution in [1.29, 1.82) is 0 Å². The van der Waals surface area contributed by atoms with E-state index >= 15 is 0 Å². The normalized spacial score (nSPS) is 45.1. The molecule has 2 saturated carbocycles. The number of hydrogen-bond donors (Lipinski definition) is 0. The molecule has 2 fully saturated rings. The lowest BCUT2D eigenvalue weighted by Gasteiger charge is -2.36. The fourth-order valence-corrected chi connectivity index (χ4v) is 3.89. The highest BCUT2D eigenvalue weighted by molar-refractivity contribution is 9.10. The van der Waals surface area contributed by atoms with Crippen LogP contribution in [-0.4, -0.2) is 21.2 Å². The quantitative estimate of drug-likeness (QED) is 0.642. The molecule has 2 rings (SSSR count). The van der Waals surface area contributed by atoms with Crippen LogP contribution >= 0.6 is 31.9 Å². The molecule has 0 aromatic rings. The van der Waals surface area contributed by atoms with E-state index in [0.717, 1.165) is 6.42 Å². The van der Waals surface area contributed by atoms with Gasteiger partial charge < -0.3 is 0 Å². The summed E-state index contributed by atoms with van der Waals surface area (Å²) < 4.78 is 0. The predicted octanol–water partition coefficient (Wildman–Crippen LogP) is 2.08. The summed E-state index contributed by atoms with van der Waals surface area (Å²) in [5.41, 5.74) is 0. The molecule has 0 radical (unpaired) electrons. The van der Waals surface area contributed by atoms with Crippen molar-refractivity contribution in [2.75, 3.05) is 0 Å². The number of rotatable bonds is 0. The van der Waals surface area contributed by atoms with E-state index in [1.807, 2.05) is 0 Å². The second-order valence-electron chi connectivity index (χ2n) is 3.84. The lowest BCUT2D eigenvalue weighted by Crippen LogP contribution is -2.45. The van der Waals surface area contributed by atoms with Crippen molar-refractivity contribution in [3.8, 4) is 0 Å². The van der Waals surface area contributed by atoms with Gasteiger partial charge in [0.05, 0.1) is 9.65 Å². The molecule has 72 valence electrons. The molecule has 0 amide bonds. The van der Waals surface area contributed by atoms with Crippen LogP contribution in [0, 0.1) is 11.8 Å². The summed E-state index contributed by atoms with van der Waals surface area (Å²) >= 11 is 6.68. The Morgan fingerprint density at radius 3 is 1.62 bits per heavy atom. The number of carbonyl (C=O) groups excluding carboxylic acids is 2. The van der Waals surface area contributed by atoms with Crippen LogP contribution in [0.15, 0.2) is 0 Å². The SMILES string of the molecule is O=C1[C@@H]2C[C@@H](C[C@H]1Br)C(=O)[C@H](Br)C2. The zero-order chi connectivity index (χ0) is 9.59. The van der Waals surface area contributed by atoms with Crippen molar-refractivity contribution in [2.24, 2.45) is 11.8 Å². The molecule has 0 aromatic carbocycles. The van der Waals surface area contributed by atoms with Crippen LogP contribution in [0.1, 0.15) is 19.3 Å². The van der Waals surface area contributed by atoms with Crippen LogP contribution in [0.5, 0.6) is 0 Å². The highest BCUT2D eigenvalue weighted by Gasteiger charge is 2.44. The van der Waals surface area contributed by atoms with Crippen molar-refractivity contribution >= 4 is 43.4 Å². The lowest BCUT2D eigenvalue weighted by atomic mass is 9.71. The molecular weight excluding hydrogens is 300 g/mol. The molecule has 0 aromatic heterocycles. The highest BCUT2D eigenvalue weighted by Crippen LogP contribution is 2.40. The molecule has 0 N–H and O–H groups in total. The Kier molecular flexibility index (Phi) is 2.62. The van der Waals surface area contributed by atoms with Gasteiger partial charge in [-0.2, -0.15) is 0 Å². The molecule has 2 aliphatic rings. The number of Topliss-reactive ketones (excluding diaryl/α,β-unsaturated/α-hetero) is 2. The van der Waals surface area contributed by atoms with Crippen molar-refractivity contribution in [2.45, 2.75) is 28.9 Å². The predicted molar refractivity (Wildman–Crippen MR) is 56.3 cm³/mol. The molecule has 0 spiro atoms. The summed E-state index contributed by atoms with van der Waals surface area (Å²) in [5, 5.41) is 0. The Bertz CT molecular complexity index is 234. The molecule has 4 atom stereocenters. The molecule has 2 nitrogen and oxygen atoms in total. The van der Waals surface area contributed by atoms with E-state index < -0.39 is 0 Å². The maximum absolute atomic E-state index is 11.6. The second kappa shape index (κ2) is 3.46. The van der Waals surface area contributed by atoms with Gasteiger partial charge >= 0.3 is 0 Å². The van der Waals surface area contributed by atoms with Crippen LogP contribution in [0.25, 0.3) is 0 Å². The first-order valence-corrected chi connectivity index (χ1v) is 6.28. The van der Waals surface area contributed by atoms with Gasteiger partial charge in [-0.05, 0) is 19.3 Å². The first kappa shape index (κ1) is 9.84. The number of alkyl halides is 2. The van der Waals surface area contributed by atoms with Crippen LogP contribution in [0.3, 0.4) is 0 Å². The molecule has 2 bridgehead atoms. The van der Waals surface area contributed by atoms with Gasteiger partial charge in [0.2, 0.25) is 0 Å². The average Bonchev–Trinajstić information content (AvgIpc) is 2.09. The Morgan fingerprint density at radius 1 is 0.846 bits per heavy atom. The standard InChI is InChI=1S/C9H10Br2O2/c10-6-2-4-1-5(9(6)13)3-7(11)8(4)12/h4-7H,1-3H2/t4-,5+,6-,7-/m1/s1. The summed E-state index contributed by atoms with van der Waals surface area (Å²) in [5.74, 6) is 0.775. The van der Waals surface area contributed by atoms with Crippen LogP contribution in [0.4, 0.5) is 0 Å². The molecule has 0 heterocycles. The van der Waals surface area contributed by atoms with Crippen LogP contribution in [0.2, 0.25) is 0 Å². The van der Waals surface area contributed by atoms with E-state index in [0.29, 0.717) is 12.8 Å². The Hall–Kier alpha value is 0.300. The van der Waals surface area contributed by atoms with Gasteiger partial charge in [-0.1, -0.05) is 31.9 Å². The Balaban J connectivity index is 2.21. The fourth-order valence-electron chi connectivity index (χ4n) is 2.24. The van der Waals surface area contributed by atoms with Crippen LogP contribution in [-0.2, 0) is 9.59 Å². The van der Waals surface area contributed by atoms with Gasteiger partial charge in [0.15, 0.2) is 0 Å². The first-order valence-electron chi connectivity index (χ1n) is 4.45. The Morgan fingerprint density at radius 2 is 1.23 bits per heavy atom. The van der Waals surface area contributed by atoms with E-state index in [1.54, 1.807) is 0 Å². The van der Waals surface area contributed by atoms with Crippen LogP contribution < -0.4 is 0 Å². The molecule has 2 aliphatic carbocycles. The smallest absolute Gasteiger partial charge is 0.149 e. The maximum atomic E-state index is 11.6. The third-order valence-electron chi connectivity index (χ3n) is 2.97. The largest absolute Gasteiger partial charge is 0.298 e. The molecule has 4 heteroatoms. The number of halogens is 2. The fraction of sp³-hybridized carbons (Fsp3) is 0.778. The monoisotopic (exact) mass is 308 g/mol. The topological polar surface area (TPSA) is 34.1 Å². The summed E-state index contributed by atoms with van der Waals surface area (Å²) in [6, 6.07) is 0. The molecule has 13 heavy (non-hydrogen) atoms. The maximum Gasteiger partial charge on any atom is 0.149 e. The summed E-state index contributed by atoms with van der Waals surface area (Å²) in [6.45, 7) is 0. The minimum atomic E-state index is -0.0831. The number of hydrogen-bond acceptors (Lipinski definition) is 2. The number of fused-ring (bicyclic) bond motifs is 2. The third kappa shape index (κ3) is 1.63. The minimum absolute atomic E-state index is 0.0831. The van der Waals surface area contributed by atoms with Gasteiger partial charge in [0.1, 0.15) is 11.6 Å². The van der Waals surface area contributed by atoms with E-state index in [1.165, 1.54) is 0 Å². The van der Waals surface area contributed by atoms with Crippen molar-refractivity contribution in [1.82, 2.24) is 0 Å². The third-order valence-corrected chi connectivity index (χ3v) is 4.62. The zero-order valence-corrected chi connectivity index (χ0v) is 10.2. The minimum Gasteiger partial charge on any atom is -0.298 e. The van der Waals surface area contributed by atoms with E-state index in [4.69, 9.17) is 0 Å². The van der Waals surface area contributed by atoms with E-state index in [-0.39, 0.29) is 33.1 Å². The van der Waals surface area contributed by atoms with Gasteiger partial charge in [-0.3, -0.25) is 9.59 Å². The zero-order valence-electron chi connectivity index (χ0n) is 7.00. The van der Waals surface area contributed by atoms with Gasteiger partial charge in [-0.15, -0.1) is 0 Å². The molecule has 0 saturated heterocycles. The summed E-state index contributed by atoms with van der Waals surface area (Å²) in [4.78, 5) is 23.1. The lowest BCUT2D eigenvalue weighted by molar-refractivity contribution is -0.133. The molecule has 0 aliphatic heterocycles. The Labute approximate surface area is 93.7 Å². The summed E-state index contributed by atoms with van der Waals surface area (Å²) in [6.07, 6.45) is 2.16. The van der Waals surface area contributed by atoms with Crippen molar-refractivity contribution < 1.29 is 9.59 Å². The van der Waals surface area contributed by atoms with Gasteiger partial charge in [0, 0.05) is 11.8 Å². The van der Waals surface area contributed by atoms with Gasteiger partial charge in [0.25, 0.3) is 0 Å². The van der Waals surface area contributed by atoms with E-state index in [9.17, 15) is 9.59 Å². The van der Waals surface area contributed by atoms with E-state index in [2.05, 4.69) is 31.9 Å². The number of carbonyl (C=O) groups is 2. The highest BCUT2D eigenvalue weighted by atomic mass is 79.9. The first-order chi connectivity index (χ1) is 6.09. The van der Waals surface area contributed by atoms with Crippen molar-refractivity contribution in [3.63, 3.8) is 0 Å². The summed E-state index contributed by atoms with van der Waals surface area (Å²) in [7, 11) is 0. The van der Waals surface area contributed by atoms with Gasteiger partial charge in [-0.25, -0.2) is 0 Å². The second-order valence-corrected chi connectivity index (χ2v) is 6.05. The average molecular weight is 310 g/mol. The van der Waals surface area contributed by atoms with Crippen molar-refractivity contribution in [3.05, 3.63) is 0 Å². The number of ketones is 2. The molecular formula is C9H10Br2O2. The molecule has 0 unspecified atom stereocenters.